The number of benzene rings is 2. The van der Waals surface area contributed by atoms with Crippen LogP contribution in [0.5, 0.6) is 0 Å². The van der Waals surface area contributed by atoms with Gasteiger partial charge < -0.3 is 4.90 Å². The van der Waals surface area contributed by atoms with E-state index in [9.17, 15) is 14.0 Å². The Bertz CT molecular complexity index is 737. The second kappa shape index (κ2) is 5.72. The van der Waals surface area contributed by atoms with E-state index in [0.717, 1.165) is 23.2 Å². The van der Waals surface area contributed by atoms with Gasteiger partial charge in [0.2, 0.25) is 5.91 Å². The molecule has 3 nitrogen and oxygen atoms in total. The molecule has 0 saturated heterocycles. The Hall–Kier alpha value is -2.49. The third-order valence-corrected chi connectivity index (χ3v) is 3.95. The summed E-state index contributed by atoms with van der Waals surface area (Å²) in [6, 6.07) is 11.4. The molecule has 0 bridgehead atoms. The molecule has 1 aliphatic heterocycles. The van der Waals surface area contributed by atoms with Gasteiger partial charge in [-0.25, -0.2) is 4.39 Å². The number of hydrogen-bond donors (Lipinski definition) is 0. The van der Waals surface area contributed by atoms with Crippen molar-refractivity contribution in [3.63, 3.8) is 0 Å². The van der Waals surface area contributed by atoms with E-state index in [1.807, 2.05) is 12.1 Å². The highest BCUT2D eigenvalue weighted by atomic mass is 19.1. The number of nitrogens with zero attached hydrogens (tertiary/aromatic N) is 1. The first-order valence-electron chi connectivity index (χ1n) is 7.23. The van der Waals surface area contributed by atoms with Crippen molar-refractivity contribution in [1.29, 1.82) is 0 Å². The number of Topliss-reactive ketones (excluding diaryl/α,β-unsaturated/α-hetero) is 1. The molecule has 22 heavy (non-hydrogen) atoms. The minimum atomic E-state index is -0.306. The van der Waals surface area contributed by atoms with E-state index in [4.69, 9.17) is 0 Å². The maximum Gasteiger partial charge on any atom is 0.231 e. The molecule has 0 aromatic heterocycles. The van der Waals surface area contributed by atoms with Crippen LogP contribution >= 0.6 is 0 Å². The third-order valence-electron chi connectivity index (χ3n) is 3.95. The zero-order valence-electron chi connectivity index (χ0n) is 12.3. The second-order valence-corrected chi connectivity index (χ2v) is 5.50. The van der Waals surface area contributed by atoms with Gasteiger partial charge in [-0.05, 0) is 54.8 Å². The highest BCUT2D eigenvalue weighted by Gasteiger charge is 2.25. The van der Waals surface area contributed by atoms with Crippen LogP contribution in [-0.4, -0.2) is 18.2 Å². The first kappa shape index (κ1) is 14.4. The Morgan fingerprint density at radius 2 is 1.86 bits per heavy atom. The van der Waals surface area contributed by atoms with Crippen LogP contribution in [0.3, 0.4) is 0 Å². The van der Waals surface area contributed by atoms with Crippen LogP contribution in [0.15, 0.2) is 42.5 Å². The summed E-state index contributed by atoms with van der Waals surface area (Å²) >= 11 is 0. The lowest BCUT2D eigenvalue weighted by Crippen LogP contribution is -2.30. The van der Waals surface area contributed by atoms with Crippen molar-refractivity contribution in [2.75, 3.05) is 11.4 Å². The first-order chi connectivity index (χ1) is 10.5. The Morgan fingerprint density at radius 1 is 1.14 bits per heavy atom. The summed E-state index contributed by atoms with van der Waals surface area (Å²) in [7, 11) is 0. The summed E-state index contributed by atoms with van der Waals surface area (Å²) in [6.07, 6.45) is 1.000. The molecule has 0 atom stereocenters. The summed E-state index contributed by atoms with van der Waals surface area (Å²) < 4.78 is 12.9. The Kier molecular flexibility index (Phi) is 3.75. The van der Waals surface area contributed by atoms with Crippen LogP contribution in [0.1, 0.15) is 28.4 Å². The van der Waals surface area contributed by atoms with Gasteiger partial charge in [0.25, 0.3) is 0 Å². The van der Waals surface area contributed by atoms with Crippen LogP contribution in [-0.2, 0) is 17.6 Å². The fourth-order valence-electron chi connectivity index (χ4n) is 2.75. The molecule has 2 aromatic carbocycles. The van der Waals surface area contributed by atoms with Crippen molar-refractivity contribution in [3.8, 4) is 0 Å². The summed E-state index contributed by atoms with van der Waals surface area (Å²) in [4.78, 5) is 25.6. The van der Waals surface area contributed by atoms with E-state index in [-0.39, 0.29) is 23.9 Å². The number of ketones is 1. The number of halogens is 1. The molecule has 1 aliphatic rings. The van der Waals surface area contributed by atoms with Gasteiger partial charge in [0.15, 0.2) is 5.78 Å². The summed E-state index contributed by atoms with van der Waals surface area (Å²) in [6.45, 7) is 2.16. The average molecular weight is 297 g/mol. The molecular formula is C18H16FNO2. The van der Waals surface area contributed by atoms with Crippen molar-refractivity contribution in [3.05, 3.63) is 65.0 Å². The van der Waals surface area contributed by atoms with Gasteiger partial charge in [0, 0.05) is 17.8 Å². The zero-order chi connectivity index (χ0) is 15.7. The molecule has 4 heteroatoms. The molecule has 0 spiro atoms. The number of carbonyl (C=O) groups excluding carboxylic acids is 2. The lowest BCUT2D eigenvalue weighted by Gasteiger charge is -2.17. The van der Waals surface area contributed by atoms with Gasteiger partial charge in [0.05, 0.1) is 6.42 Å². The van der Waals surface area contributed by atoms with Gasteiger partial charge in [-0.15, -0.1) is 0 Å². The predicted octanol–water partition coefficient (Wildman–Crippen LogP) is 3.16. The standard InChI is InChI=1S/C18H16FNO2/c1-12(21)14-4-7-17-15(11-14)8-9-20(17)18(22)10-13-2-5-16(19)6-3-13/h2-7,11H,8-10H2,1H3. The molecular weight excluding hydrogens is 281 g/mol. The summed E-state index contributed by atoms with van der Waals surface area (Å²) in [5.41, 5.74) is 3.36. The number of fused-ring (bicyclic) bond motifs is 1. The SMILES string of the molecule is CC(=O)c1ccc2c(c1)CCN2C(=O)Cc1ccc(F)cc1. The van der Waals surface area contributed by atoms with Gasteiger partial charge in [-0.2, -0.15) is 0 Å². The lowest BCUT2D eigenvalue weighted by atomic mass is 10.1. The molecule has 0 radical (unpaired) electrons. The first-order valence-corrected chi connectivity index (χ1v) is 7.23. The number of anilines is 1. The number of rotatable bonds is 3. The van der Waals surface area contributed by atoms with Gasteiger partial charge in [-0.1, -0.05) is 12.1 Å². The highest BCUT2D eigenvalue weighted by Crippen LogP contribution is 2.29. The Balaban J connectivity index is 1.79. The Morgan fingerprint density at radius 3 is 2.55 bits per heavy atom. The van der Waals surface area contributed by atoms with E-state index in [1.54, 1.807) is 23.1 Å². The second-order valence-electron chi connectivity index (χ2n) is 5.50. The van der Waals surface area contributed by atoms with Crippen molar-refractivity contribution in [1.82, 2.24) is 0 Å². The van der Waals surface area contributed by atoms with E-state index in [2.05, 4.69) is 0 Å². The molecule has 0 unspecified atom stereocenters. The molecule has 1 heterocycles. The average Bonchev–Trinajstić information content (AvgIpc) is 2.92. The van der Waals surface area contributed by atoms with E-state index in [1.165, 1.54) is 19.1 Å². The van der Waals surface area contributed by atoms with Crippen LogP contribution < -0.4 is 4.90 Å². The molecule has 2 aromatic rings. The zero-order valence-corrected chi connectivity index (χ0v) is 12.3. The van der Waals surface area contributed by atoms with Crippen LogP contribution in [0.4, 0.5) is 10.1 Å². The molecule has 0 N–H and O–H groups in total. The quantitative estimate of drug-likeness (QED) is 0.816. The molecule has 0 aliphatic carbocycles. The van der Waals surface area contributed by atoms with Crippen molar-refractivity contribution in [2.24, 2.45) is 0 Å². The predicted molar refractivity (Wildman–Crippen MR) is 82.6 cm³/mol. The smallest absolute Gasteiger partial charge is 0.231 e. The summed E-state index contributed by atoms with van der Waals surface area (Å²) in [5.74, 6) is -0.292. The largest absolute Gasteiger partial charge is 0.312 e. The molecule has 0 fully saturated rings. The van der Waals surface area contributed by atoms with E-state index >= 15 is 0 Å². The minimum absolute atomic E-state index is 0.0130. The van der Waals surface area contributed by atoms with E-state index < -0.39 is 0 Å². The number of amides is 1. The van der Waals surface area contributed by atoms with Crippen LogP contribution in [0.25, 0.3) is 0 Å². The fraction of sp³-hybridized carbons (Fsp3) is 0.222. The minimum Gasteiger partial charge on any atom is -0.312 e. The van der Waals surface area contributed by atoms with Crippen molar-refractivity contribution < 1.29 is 14.0 Å². The van der Waals surface area contributed by atoms with Gasteiger partial charge in [0.1, 0.15) is 5.82 Å². The van der Waals surface area contributed by atoms with Crippen LogP contribution in [0.2, 0.25) is 0 Å². The Labute approximate surface area is 128 Å². The molecule has 1 amide bonds. The van der Waals surface area contributed by atoms with E-state index in [0.29, 0.717) is 12.1 Å². The molecule has 0 saturated carbocycles. The lowest BCUT2D eigenvalue weighted by molar-refractivity contribution is -0.117. The fourth-order valence-corrected chi connectivity index (χ4v) is 2.75. The maximum absolute atomic E-state index is 12.9. The van der Waals surface area contributed by atoms with Gasteiger partial charge >= 0.3 is 0 Å². The molecule has 3 rings (SSSR count). The third kappa shape index (κ3) is 2.77. The number of carbonyl (C=O) groups is 2. The van der Waals surface area contributed by atoms with Gasteiger partial charge in [-0.3, -0.25) is 9.59 Å². The monoisotopic (exact) mass is 297 g/mol. The summed E-state index contributed by atoms with van der Waals surface area (Å²) in [5, 5.41) is 0. The van der Waals surface area contributed by atoms with Crippen molar-refractivity contribution in [2.45, 2.75) is 19.8 Å². The maximum atomic E-state index is 12.9. The highest BCUT2D eigenvalue weighted by molar-refractivity contribution is 5.99. The molecule has 112 valence electrons. The normalized spacial score (nSPS) is 13.1. The topological polar surface area (TPSA) is 37.4 Å². The van der Waals surface area contributed by atoms with Crippen molar-refractivity contribution >= 4 is 17.4 Å². The number of hydrogen-bond acceptors (Lipinski definition) is 2. The van der Waals surface area contributed by atoms with Crippen LogP contribution in [0, 0.1) is 5.82 Å².